The lowest BCUT2D eigenvalue weighted by molar-refractivity contribution is 0.403. The molecule has 0 aromatic heterocycles. The summed E-state index contributed by atoms with van der Waals surface area (Å²) in [6, 6.07) is 0. The van der Waals surface area contributed by atoms with Crippen molar-refractivity contribution in [3.05, 3.63) is 0 Å². The van der Waals surface area contributed by atoms with Crippen LogP contribution in [0.25, 0.3) is 0 Å². The minimum atomic E-state index is -0.251. The van der Waals surface area contributed by atoms with Gasteiger partial charge in [0.25, 0.3) is 0 Å². The van der Waals surface area contributed by atoms with Gasteiger partial charge in [-0.05, 0) is 18.8 Å². The fourth-order valence-corrected chi connectivity index (χ4v) is 6.27. The Labute approximate surface area is 151 Å². The fourth-order valence-electron chi connectivity index (χ4n) is 2.46. The van der Waals surface area contributed by atoms with Crippen molar-refractivity contribution in [1.29, 1.82) is 0 Å². The molecule has 0 bridgehead atoms. The zero-order valence-corrected chi connectivity index (χ0v) is 17.4. The number of hydrogen-bond donors (Lipinski definition) is 0. The zero-order chi connectivity index (χ0) is 16.1. The van der Waals surface area contributed by atoms with Crippen LogP contribution in [0.3, 0.4) is 0 Å². The molecule has 0 saturated heterocycles. The largest absolute Gasteiger partial charge is 0.120 e. The lowest BCUT2D eigenvalue weighted by Gasteiger charge is -2.28. The number of rotatable bonds is 14. The maximum atomic E-state index is 6.31. The van der Waals surface area contributed by atoms with Crippen molar-refractivity contribution in [2.24, 2.45) is 5.92 Å². The summed E-state index contributed by atoms with van der Waals surface area (Å²) in [5.41, 5.74) is 0. The second-order valence-corrected chi connectivity index (χ2v) is 10.3. The molecule has 0 aliphatic heterocycles. The first-order valence-electron chi connectivity index (χ1n) is 8.63. The highest BCUT2D eigenvalue weighted by Gasteiger charge is 2.27. The maximum Gasteiger partial charge on any atom is 0.120 e. The van der Waals surface area contributed by atoms with Gasteiger partial charge in [-0.2, -0.15) is 0 Å². The number of hydrogen-bond acceptors (Lipinski definition) is 2. The predicted molar refractivity (Wildman–Crippen MR) is 106 cm³/mol. The Morgan fingerprint density at radius 3 is 1.76 bits per heavy atom. The molecule has 0 heterocycles. The molecule has 0 aliphatic rings. The van der Waals surface area contributed by atoms with E-state index in [9.17, 15) is 0 Å². The van der Waals surface area contributed by atoms with E-state index in [1.165, 1.54) is 57.8 Å². The third kappa shape index (κ3) is 12.4. The quantitative estimate of drug-likeness (QED) is 0.171. The van der Waals surface area contributed by atoms with Gasteiger partial charge in [0.05, 0.1) is 0 Å². The summed E-state index contributed by atoms with van der Waals surface area (Å²) in [7, 11) is 3.85. The molecule has 0 saturated carbocycles. The van der Waals surface area contributed by atoms with Gasteiger partial charge in [0.2, 0.25) is 0 Å². The molecule has 128 valence electrons. The van der Waals surface area contributed by atoms with Crippen molar-refractivity contribution in [3.8, 4) is 0 Å². The third-order valence-electron chi connectivity index (χ3n) is 3.68. The van der Waals surface area contributed by atoms with Crippen molar-refractivity contribution >= 4 is 44.8 Å². The smallest absolute Gasteiger partial charge is 0.104 e. The SMILES string of the molecule is CCCCCCC(CCCCC)C(SSC(C)C)C(Cl)Cl. The van der Waals surface area contributed by atoms with Crippen LogP contribution in [0.4, 0.5) is 0 Å². The first-order valence-corrected chi connectivity index (χ1v) is 11.8. The molecular formula is C17H34Cl2S2. The number of halogens is 2. The molecule has 0 rings (SSSR count). The average molecular weight is 373 g/mol. The van der Waals surface area contributed by atoms with Crippen molar-refractivity contribution < 1.29 is 0 Å². The first-order chi connectivity index (χ1) is 10.0. The van der Waals surface area contributed by atoms with E-state index in [0.717, 1.165) is 0 Å². The number of alkyl halides is 2. The van der Waals surface area contributed by atoms with Crippen LogP contribution in [0.2, 0.25) is 0 Å². The summed E-state index contributed by atoms with van der Waals surface area (Å²) >= 11 is 12.6. The van der Waals surface area contributed by atoms with Gasteiger partial charge in [-0.25, -0.2) is 0 Å². The third-order valence-corrected chi connectivity index (χ3v) is 8.05. The number of unbranched alkanes of at least 4 members (excludes halogenated alkanes) is 5. The van der Waals surface area contributed by atoms with Gasteiger partial charge < -0.3 is 0 Å². The van der Waals surface area contributed by atoms with E-state index in [-0.39, 0.29) is 4.84 Å². The Bertz CT molecular complexity index is 223. The van der Waals surface area contributed by atoms with Crippen molar-refractivity contribution in [2.75, 3.05) is 0 Å². The van der Waals surface area contributed by atoms with E-state index < -0.39 is 0 Å². The van der Waals surface area contributed by atoms with E-state index >= 15 is 0 Å². The fraction of sp³-hybridized carbons (Fsp3) is 1.00. The lowest BCUT2D eigenvalue weighted by Crippen LogP contribution is -2.23. The van der Waals surface area contributed by atoms with Gasteiger partial charge >= 0.3 is 0 Å². The molecule has 0 fully saturated rings. The van der Waals surface area contributed by atoms with E-state index in [1.54, 1.807) is 0 Å². The normalized spacial score (nSPS) is 14.9. The summed E-state index contributed by atoms with van der Waals surface area (Å²) in [4.78, 5) is -0.251. The van der Waals surface area contributed by atoms with Gasteiger partial charge in [0, 0.05) is 10.5 Å². The molecule has 0 N–H and O–H groups in total. The molecule has 0 radical (unpaired) electrons. The first kappa shape index (κ1) is 22.3. The summed E-state index contributed by atoms with van der Waals surface area (Å²) in [6.07, 6.45) is 11.8. The van der Waals surface area contributed by atoms with E-state index in [0.29, 0.717) is 16.4 Å². The van der Waals surface area contributed by atoms with Gasteiger partial charge in [0.1, 0.15) is 4.84 Å². The van der Waals surface area contributed by atoms with Crippen LogP contribution in [0.1, 0.15) is 85.5 Å². The van der Waals surface area contributed by atoms with Crippen LogP contribution < -0.4 is 0 Å². The van der Waals surface area contributed by atoms with Crippen LogP contribution in [0.5, 0.6) is 0 Å². The molecule has 0 nitrogen and oxygen atoms in total. The van der Waals surface area contributed by atoms with E-state index in [4.69, 9.17) is 23.2 Å². The average Bonchev–Trinajstić information content (AvgIpc) is 2.42. The second kappa shape index (κ2) is 14.8. The Hall–Kier alpha value is 1.28. The van der Waals surface area contributed by atoms with E-state index in [2.05, 4.69) is 27.7 Å². The van der Waals surface area contributed by atoms with Gasteiger partial charge in [-0.15, -0.1) is 23.2 Å². The zero-order valence-electron chi connectivity index (χ0n) is 14.2. The molecule has 0 aromatic rings. The molecule has 2 atom stereocenters. The Kier molecular flexibility index (Phi) is 15.8. The van der Waals surface area contributed by atoms with Crippen LogP contribution in [0.15, 0.2) is 0 Å². The lowest BCUT2D eigenvalue weighted by atomic mass is 9.92. The monoisotopic (exact) mass is 372 g/mol. The molecule has 0 amide bonds. The molecule has 2 unspecified atom stereocenters. The standard InChI is InChI=1S/C17H34Cl2S2/c1-5-7-9-11-13-15(12-10-8-6-2)16(17(18)19)21-20-14(3)4/h14-17H,5-13H2,1-4H3. The van der Waals surface area contributed by atoms with Crippen molar-refractivity contribution in [1.82, 2.24) is 0 Å². The molecule has 0 aliphatic carbocycles. The molecule has 0 aromatic carbocycles. The summed E-state index contributed by atoms with van der Waals surface area (Å²) in [6.45, 7) is 9.01. The van der Waals surface area contributed by atoms with E-state index in [1.807, 2.05) is 21.6 Å². The Balaban J connectivity index is 4.43. The van der Waals surface area contributed by atoms with Crippen LogP contribution in [-0.2, 0) is 0 Å². The van der Waals surface area contributed by atoms with Gasteiger partial charge in [-0.3, -0.25) is 0 Å². The van der Waals surface area contributed by atoms with Crippen molar-refractivity contribution in [2.45, 2.75) is 101 Å². The van der Waals surface area contributed by atoms with Crippen LogP contribution in [0, 0.1) is 5.92 Å². The topological polar surface area (TPSA) is 0 Å². The Morgan fingerprint density at radius 1 is 0.762 bits per heavy atom. The van der Waals surface area contributed by atoms with Gasteiger partial charge in [-0.1, -0.05) is 94.2 Å². The highest BCUT2D eigenvalue weighted by atomic mass is 35.5. The van der Waals surface area contributed by atoms with Crippen LogP contribution >= 0.6 is 44.8 Å². The highest BCUT2D eigenvalue weighted by Crippen LogP contribution is 2.42. The minimum absolute atomic E-state index is 0.251. The summed E-state index contributed by atoms with van der Waals surface area (Å²) in [5.74, 6) is 0.671. The Morgan fingerprint density at radius 2 is 1.29 bits per heavy atom. The molecule has 4 heteroatoms. The highest BCUT2D eigenvalue weighted by molar-refractivity contribution is 8.77. The van der Waals surface area contributed by atoms with Crippen molar-refractivity contribution in [3.63, 3.8) is 0 Å². The predicted octanol–water partition coefficient (Wildman–Crippen LogP) is 8.12. The summed E-state index contributed by atoms with van der Waals surface area (Å²) < 4.78 is 0. The minimum Gasteiger partial charge on any atom is -0.104 e. The molecular weight excluding hydrogens is 339 g/mol. The molecule has 21 heavy (non-hydrogen) atoms. The molecule has 0 spiro atoms. The van der Waals surface area contributed by atoms with Gasteiger partial charge in [0.15, 0.2) is 0 Å². The summed E-state index contributed by atoms with van der Waals surface area (Å²) in [5, 5.41) is 1.00. The second-order valence-electron chi connectivity index (χ2n) is 6.15. The maximum absolute atomic E-state index is 6.31. The van der Waals surface area contributed by atoms with Crippen LogP contribution in [-0.4, -0.2) is 15.3 Å².